The molecule has 0 saturated heterocycles. The van der Waals surface area contributed by atoms with Gasteiger partial charge in [0.1, 0.15) is 12.3 Å². The fourth-order valence-electron chi connectivity index (χ4n) is 5.43. The molecule has 0 N–H and O–H groups in total. The number of benzene rings is 3. The van der Waals surface area contributed by atoms with Gasteiger partial charge in [-0.25, -0.2) is 4.39 Å². The molecule has 0 radical (unpaired) electrons. The number of nitrogens with zero attached hydrogens (tertiary/aromatic N) is 4. The molecule has 248 valence electrons. The predicted molar refractivity (Wildman–Crippen MR) is 177 cm³/mol. The van der Waals surface area contributed by atoms with Crippen molar-refractivity contribution in [2.45, 2.75) is 63.2 Å². The quantitative estimate of drug-likeness (QED) is 0.0855. The van der Waals surface area contributed by atoms with Crippen LogP contribution in [0.4, 0.5) is 17.6 Å². The summed E-state index contributed by atoms with van der Waals surface area (Å²) >= 11 is 0.480. The minimum atomic E-state index is -4.45. The second-order valence-corrected chi connectivity index (χ2v) is 11.9. The maximum atomic E-state index is 14.4. The molecule has 1 amide bonds. The molecule has 1 heterocycles. The highest BCUT2D eigenvalue weighted by atomic mass is 32.2. The van der Waals surface area contributed by atoms with E-state index in [-0.39, 0.29) is 41.5 Å². The van der Waals surface area contributed by atoms with E-state index < -0.39 is 41.2 Å². The first-order valence-corrected chi connectivity index (χ1v) is 16.3. The van der Waals surface area contributed by atoms with Crippen molar-refractivity contribution in [2.75, 3.05) is 26.2 Å². The topological polar surface area (TPSA) is 58.4 Å². The zero-order valence-corrected chi connectivity index (χ0v) is 26.9. The molecule has 0 atom stereocenters. The van der Waals surface area contributed by atoms with Crippen LogP contribution in [-0.2, 0) is 42.6 Å². The second kappa shape index (κ2) is 15.3. The smallest absolute Gasteiger partial charge is 0.336 e. The van der Waals surface area contributed by atoms with E-state index in [2.05, 4.69) is 9.88 Å². The summed E-state index contributed by atoms with van der Waals surface area (Å²) in [5.41, 5.74) is -1.09. The Balaban J connectivity index is 1.49. The number of hydrogen-bond donors (Lipinski definition) is 0. The van der Waals surface area contributed by atoms with Crippen molar-refractivity contribution in [3.05, 3.63) is 117 Å². The molecule has 0 bridgehead atoms. The van der Waals surface area contributed by atoms with Crippen LogP contribution in [0.3, 0.4) is 0 Å². The summed E-state index contributed by atoms with van der Waals surface area (Å²) in [4.78, 5) is 35.1. The number of alkyl halides is 3. The van der Waals surface area contributed by atoms with Gasteiger partial charge < -0.3 is 14.4 Å². The third-order valence-electron chi connectivity index (χ3n) is 8.16. The maximum absolute atomic E-state index is 14.4. The highest BCUT2D eigenvalue weighted by molar-refractivity contribution is 7.98. The van der Waals surface area contributed by atoms with Gasteiger partial charge in [0.25, 0.3) is 5.56 Å². The minimum absolute atomic E-state index is 0.00159. The Morgan fingerprint density at radius 2 is 1.53 bits per heavy atom. The molecule has 1 aliphatic rings. The number of hydrogen-bond acceptors (Lipinski definition) is 5. The Morgan fingerprint density at radius 3 is 2.15 bits per heavy atom. The number of thioether (sulfide) groups is 1. The van der Waals surface area contributed by atoms with Crippen molar-refractivity contribution in [1.29, 1.82) is 0 Å². The van der Waals surface area contributed by atoms with Crippen molar-refractivity contribution in [3.8, 4) is 11.1 Å². The van der Waals surface area contributed by atoms with E-state index in [0.29, 0.717) is 60.9 Å². The van der Waals surface area contributed by atoms with Gasteiger partial charge in [-0.2, -0.15) is 18.2 Å². The Morgan fingerprint density at radius 1 is 0.915 bits per heavy atom. The summed E-state index contributed by atoms with van der Waals surface area (Å²) in [5.74, 6) is -1.47. The first kappa shape index (κ1) is 29.2. The molecule has 47 heavy (non-hydrogen) atoms. The molecule has 0 spiro atoms. The van der Waals surface area contributed by atoms with Gasteiger partial charge in [-0.1, -0.05) is 74.1 Å². The van der Waals surface area contributed by atoms with Crippen molar-refractivity contribution >= 4 is 17.7 Å². The number of halogens is 4. The van der Waals surface area contributed by atoms with Gasteiger partial charge in [0, 0.05) is 39.3 Å². The maximum Gasteiger partial charge on any atom is 0.416 e. The molecule has 1 aliphatic carbocycles. The van der Waals surface area contributed by atoms with E-state index in [1.165, 1.54) is 29.2 Å². The van der Waals surface area contributed by atoms with E-state index in [1.807, 2.05) is 13.8 Å². The number of rotatable bonds is 13. The van der Waals surface area contributed by atoms with Crippen LogP contribution in [0.2, 0.25) is 0 Å². The lowest BCUT2D eigenvalue weighted by atomic mass is 10.0. The molecule has 0 unspecified atom stereocenters. The Kier molecular flexibility index (Phi) is 9.50. The van der Waals surface area contributed by atoms with E-state index in [0.717, 1.165) is 28.8 Å². The fourth-order valence-corrected chi connectivity index (χ4v) is 6.15. The van der Waals surface area contributed by atoms with Gasteiger partial charge in [-0.15, -0.1) is 0 Å². The zero-order chi connectivity index (χ0) is 37.1. The summed E-state index contributed by atoms with van der Waals surface area (Å²) in [6, 6.07) is 16.4. The van der Waals surface area contributed by atoms with Gasteiger partial charge in [0.05, 0.1) is 8.30 Å². The monoisotopic (exact) mass is 670 g/mol. The Labute approximate surface area is 282 Å². The lowest BCUT2D eigenvalue weighted by Crippen LogP contribution is -2.40. The van der Waals surface area contributed by atoms with Crippen LogP contribution in [0.1, 0.15) is 53.7 Å². The zero-order valence-electron chi connectivity index (χ0n) is 30.1. The van der Waals surface area contributed by atoms with Gasteiger partial charge in [0.2, 0.25) is 5.91 Å². The van der Waals surface area contributed by atoms with Crippen molar-refractivity contribution in [2.24, 2.45) is 0 Å². The lowest BCUT2D eigenvalue weighted by molar-refractivity contribution is -0.137. The standard InChI is InChI=1S/C36H38F4N4O2S/c1-3-42(4-2)20-21-43(22-25-8-12-27(13-9-25)28-14-16-29(17-15-28)36(38,39)40)33(45)23-44-32-7-5-6-31(32)34(46)41-35(44)47-24-26-10-18-30(37)19-11-26/h8-19H,3-7,20-24H2,1-2H3/i23D2,24D2. The van der Waals surface area contributed by atoms with Crippen molar-refractivity contribution in [3.63, 3.8) is 0 Å². The van der Waals surface area contributed by atoms with E-state index in [9.17, 15) is 29.9 Å². The van der Waals surface area contributed by atoms with Crippen molar-refractivity contribution in [1.82, 2.24) is 19.4 Å². The summed E-state index contributed by atoms with van der Waals surface area (Å²) < 4.78 is 89.9. The molecule has 0 fully saturated rings. The SMILES string of the molecule is [2H]C([2H])(Sc1nc(=O)c2c(n1C([2H])([2H])C(=O)N(CCN(CC)CC)Cc1ccc(-c3ccc(C(F)(F)F)cc3)cc1)CCC2)c1ccc(F)cc1. The van der Waals surface area contributed by atoms with Crippen LogP contribution >= 0.6 is 11.8 Å². The molecule has 0 saturated carbocycles. The van der Waals surface area contributed by atoms with Crippen LogP contribution in [0.15, 0.2) is 82.7 Å². The summed E-state index contributed by atoms with van der Waals surface area (Å²) in [6.07, 6.45) is -3.28. The molecule has 11 heteroatoms. The first-order chi connectivity index (χ1) is 24.0. The fraction of sp³-hybridized carbons (Fsp3) is 0.361. The summed E-state index contributed by atoms with van der Waals surface area (Å²) in [5, 5.41) is -0.307. The number of carbonyl (C=O) groups is 1. The van der Waals surface area contributed by atoms with E-state index in [1.54, 1.807) is 24.3 Å². The third kappa shape index (κ3) is 8.70. The molecule has 3 aromatic carbocycles. The Hall–Kier alpha value is -3.96. The average Bonchev–Trinajstić information content (AvgIpc) is 3.58. The van der Waals surface area contributed by atoms with Gasteiger partial charge in [-0.3, -0.25) is 9.59 Å². The summed E-state index contributed by atoms with van der Waals surface area (Å²) in [6.45, 7) is 3.14. The third-order valence-corrected chi connectivity index (χ3v) is 8.95. The summed E-state index contributed by atoms with van der Waals surface area (Å²) in [7, 11) is 0. The molecule has 0 aliphatic heterocycles. The minimum Gasteiger partial charge on any atom is -0.336 e. The number of aromatic nitrogens is 2. The van der Waals surface area contributed by atoms with Gasteiger partial charge in [-0.05, 0) is 78.9 Å². The van der Waals surface area contributed by atoms with Crippen LogP contribution in [-0.4, -0.2) is 51.4 Å². The number of fused-ring (bicyclic) bond motifs is 1. The van der Waals surface area contributed by atoms with Gasteiger partial charge >= 0.3 is 6.18 Å². The number of amides is 1. The highest BCUT2D eigenvalue weighted by Crippen LogP contribution is 2.31. The van der Waals surface area contributed by atoms with Crippen LogP contribution in [0.5, 0.6) is 0 Å². The number of carbonyl (C=O) groups excluding carboxylic acids is 1. The highest BCUT2D eigenvalue weighted by Gasteiger charge is 2.30. The predicted octanol–water partition coefficient (Wildman–Crippen LogP) is 7.22. The number of likely N-dealkylation sites (N-methyl/N-ethyl adjacent to an activating group) is 1. The molecular weight excluding hydrogens is 628 g/mol. The van der Waals surface area contributed by atoms with Crippen LogP contribution < -0.4 is 5.56 Å². The largest absolute Gasteiger partial charge is 0.416 e. The van der Waals surface area contributed by atoms with Crippen molar-refractivity contribution < 1.29 is 27.8 Å². The molecule has 6 nitrogen and oxygen atoms in total. The van der Waals surface area contributed by atoms with Crippen LogP contribution in [0.25, 0.3) is 11.1 Å². The second-order valence-electron chi connectivity index (χ2n) is 11.2. The molecule has 4 aromatic rings. The first-order valence-electron chi connectivity index (χ1n) is 17.4. The van der Waals surface area contributed by atoms with Gasteiger partial charge in [0.15, 0.2) is 5.16 Å². The van der Waals surface area contributed by atoms with E-state index in [4.69, 9.17) is 2.74 Å². The molecule has 1 aromatic heterocycles. The average molecular weight is 671 g/mol. The molecule has 5 rings (SSSR count). The van der Waals surface area contributed by atoms with E-state index >= 15 is 0 Å². The van der Waals surface area contributed by atoms with Crippen LogP contribution in [0, 0.1) is 5.82 Å². The molecular formula is C36H38F4N4O2S. The lowest BCUT2D eigenvalue weighted by Gasteiger charge is -2.28. The normalized spacial score (nSPS) is 14.7. The Bertz CT molecular complexity index is 1900.